The molecule has 8 nitrogen and oxygen atoms in total. The van der Waals surface area contributed by atoms with Crippen LogP contribution in [-0.2, 0) is 9.59 Å². The van der Waals surface area contributed by atoms with Crippen molar-refractivity contribution in [2.24, 2.45) is 5.73 Å². The maximum absolute atomic E-state index is 12.4. The number of carbonyl (C=O) groups is 3. The Balaban J connectivity index is 1.83. The minimum absolute atomic E-state index is 0.115. The van der Waals surface area contributed by atoms with Crippen molar-refractivity contribution in [2.45, 2.75) is 25.3 Å². The lowest BCUT2D eigenvalue weighted by molar-refractivity contribution is -0.137. The van der Waals surface area contributed by atoms with E-state index in [0.29, 0.717) is 45.7 Å². The third kappa shape index (κ3) is 3.84. The highest BCUT2D eigenvalue weighted by Gasteiger charge is 2.35. The van der Waals surface area contributed by atoms with E-state index >= 15 is 0 Å². The van der Waals surface area contributed by atoms with Crippen LogP contribution in [0.2, 0.25) is 0 Å². The molecule has 21 heavy (non-hydrogen) atoms. The number of nitrogens with two attached hydrogens (primary N) is 1. The molecule has 0 aliphatic carbocycles. The summed E-state index contributed by atoms with van der Waals surface area (Å²) in [7, 11) is 0. The topological polar surface area (TPSA) is 107 Å². The molecule has 0 aromatic heterocycles. The number of hydrogen-bond acceptors (Lipinski definition) is 4. The Bertz CT molecular complexity index is 420. The molecule has 2 saturated heterocycles. The van der Waals surface area contributed by atoms with Crippen molar-refractivity contribution in [3.8, 4) is 0 Å². The molecular formula is C13H22N4O4. The summed E-state index contributed by atoms with van der Waals surface area (Å²) in [5.41, 5.74) is 5.33. The summed E-state index contributed by atoms with van der Waals surface area (Å²) in [6.07, 6.45) is 1.56. The summed E-state index contributed by atoms with van der Waals surface area (Å²) in [4.78, 5) is 39.6. The number of likely N-dealkylation sites (tertiary alicyclic amines) is 1. The van der Waals surface area contributed by atoms with Crippen LogP contribution in [0.15, 0.2) is 0 Å². The molecule has 0 aromatic carbocycles. The highest BCUT2D eigenvalue weighted by atomic mass is 16.4. The first kappa shape index (κ1) is 15.6. The molecule has 3 amide bonds. The highest BCUT2D eigenvalue weighted by Crippen LogP contribution is 2.19. The average molecular weight is 298 g/mol. The number of carboxylic acids is 1. The SMILES string of the molecule is NC(=O)C1CCCN1C(=O)N1CCN(CCC(=O)O)CC1. The molecule has 0 aromatic rings. The summed E-state index contributed by atoms with van der Waals surface area (Å²) in [6.45, 7) is 3.51. The molecule has 1 atom stereocenters. The van der Waals surface area contributed by atoms with Gasteiger partial charge in [-0.2, -0.15) is 0 Å². The summed E-state index contributed by atoms with van der Waals surface area (Å²) in [5.74, 6) is -1.25. The van der Waals surface area contributed by atoms with Crippen LogP contribution >= 0.6 is 0 Å². The van der Waals surface area contributed by atoms with Gasteiger partial charge in [-0.3, -0.25) is 14.5 Å². The van der Waals surface area contributed by atoms with Gasteiger partial charge in [-0.15, -0.1) is 0 Å². The number of carboxylic acid groups (broad SMARTS) is 1. The Morgan fingerprint density at radius 2 is 1.76 bits per heavy atom. The molecular weight excluding hydrogens is 276 g/mol. The second-order valence-electron chi connectivity index (χ2n) is 5.51. The first-order valence-electron chi connectivity index (χ1n) is 7.28. The van der Waals surface area contributed by atoms with E-state index in [9.17, 15) is 14.4 Å². The van der Waals surface area contributed by atoms with Gasteiger partial charge in [0, 0.05) is 39.3 Å². The summed E-state index contributed by atoms with van der Waals surface area (Å²) in [5, 5.41) is 8.67. The van der Waals surface area contributed by atoms with Crippen molar-refractivity contribution in [3.05, 3.63) is 0 Å². The number of urea groups is 1. The monoisotopic (exact) mass is 298 g/mol. The smallest absolute Gasteiger partial charge is 0.320 e. The number of aliphatic carboxylic acids is 1. The van der Waals surface area contributed by atoms with Crippen molar-refractivity contribution in [1.82, 2.24) is 14.7 Å². The molecule has 0 bridgehead atoms. The van der Waals surface area contributed by atoms with E-state index in [4.69, 9.17) is 10.8 Å². The van der Waals surface area contributed by atoms with Crippen molar-refractivity contribution >= 4 is 17.9 Å². The molecule has 3 N–H and O–H groups in total. The summed E-state index contributed by atoms with van der Waals surface area (Å²) < 4.78 is 0. The van der Waals surface area contributed by atoms with Gasteiger partial charge in [0.2, 0.25) is 5.91 Å². The second kappa shape index (κ2) is 6.75. The lowest BCUT2D eigenvalue weighted by atomic mass is 10.2. The third-order valence-corrected chi connectivity index (χ3v) is 4.11. The van der Waals surface area contributed by atoms with Crippen molar-refractivity contribution in [3.63, 3.8) is 0 Å². The molecule has 1 unspecified atom stereocenters. The molecule has 0 saturated carbocycles. The number of nitrogens with zero attached hydrogens (tertiary/aromatic N) is 3. The number of amides is 3. The largest absolute Gasteiger partial charge is 0.481 e. The van der Waals surface area contributed by atoms with Crippen molar-refractivity contribution < 1.29 is 19.5 Å². The Hall–Kier alpha value is -1.83. The van der Waals surface area contributed by atoms with Crippen LogP contribution in [0.25, 0.3) is 0 Å². The maximum Gasteiger partial charge on any atom is 0.320 e. The van der Waals surface area contributed by atoms with Crippen LogP contribution < -0.4 is 5.73 Å². The van der Waals surface area contributed by atoms with E-state index in [-0.39, 0.29) is 12.5 Å². The zero-order valence-corrected chi connectivity index (χ0v) is 12.0. The number of rotatable bonds is 4. The fourth-order valence-corrected chi connectivity index (χ4v) is 2.89. The van der Waals surface area contributed by atoms with Gasteiger partial charge in [0.1, 0.15) is 6.04 Å². The van der Waals surface area contributed by atoms with Crippen LogP contribution in [-0.4, -0.2) is 83.0 Å². The molecule has 8 heteroatoms. The van der Waals surface area contributed by atoms with Gasteiger partial charge in [-0.1, -0.05) is 0 Å². The van der Waals surface area contributed by atoms with E-state index < -0.39 is 17.9 Å². The molecule has 2 fully saturated rings. The second-order valence-corrected chi connectivity index (χ2v) is 5.51. The first-order valence-corrected chi connectivity index (χ1v) is 7.28. The van der Waals surface area contributed by atoms with Crippen LogP contribution in [0.1, 0.15) is 19.3 Å². The fourth-order valence-electron chi connectivity index (χ4n) is 2.89. The first-order chi connectivity index (χ1) is 9.99. The molecule has 2 heterocycles. The van der Waals surface area contributed by atoms with Gasteiger partial charge in [0.05, 0.1) is 6.42 Å². The highest BCUT2D eigenvalue weighted by molar-refractivity contribution is 5.86. The van der Waals surface area contributed by atoms with E-state index in [1.54, 1.807) is 9.80 Å². The normalized spacial score (nSPS) is 23.3. The van der Waals surface area contributed by atoms with E-state index in [1.165, 1.54) is 0 Å². The summed E-state index contributed by atoms with van der Waals surface area (Å²) in [6, 6.07) is -0.614. The Morgan fingerprint density at radius 1 is 1.10 bits per heavy atom. The molecule has 0 radical (unpaired) electrons. The van der Waals surface area contributed by atoms with Crippen molar-refractivity contribution in [2.75, 3.05) is 39.3 Å². The van der Waals surface area contributed by atoms with E-state index in [0.717, 1.165) is 6.42 Å². The van der Waals surface area contributed by atoms with Crippen LogP contribution in [0.4, 0.5) is 4.79 Å². The Morgan fingerprint density at radius 3 is 2.33 bits per heavy atom. The molecule has 2 rings (SSSR count). The lowest BCUT2D eigenvalue weighted by Crippen LogP contribution is -2.55. The minimum Gasteiger partial charge on any atom is -0.481 e. The summed E-state index contributed by atoms with van der Waals surface area (Å²) >= 11 is 0. The molecule has 2 aliphatic rings. The fraction of sp³-hybridized carbons (Fsp3) is 0.769. The van der Waals surface area contributed by atoms with Gasteiger partial charge in [0.15, 0.2) is 0 Å². The van der Waals surface area contributed by atoms with Gasteiger partial charge in [-0.05, 0) is 12.8 Å². The molecule has 118 valence electrons. The predicted octanol–water partition coefficient (Wildman–Crippen LogP) is -0.852. The van der Waals surface area contributed by atoms with Gasteiger partial charge in [0.25, 0.3) is 0 Å². The predicted molar refractivity (Wildman–Crippen MR) is 74.6 cm³/mol. The van der Waals surface area contributed by atoms with E-state index in [1.807, 2.05) is 4.90 Å². The third-order valence-electron chi connectivity index (χ3n) is 4.11. The molecule has 0 spiro atoms. The van der Waals surface area contributed by atoms with Gasteiger partial charge >= 0.3 is 12.0 Å². The Labute approximate surface area is 123 Å². The Kier molecular flexibility index (Phi) is 5.00. The minimum atomic E-state index is -0.810. The zero-order valence-electron chi connectivity index (χ0n) is 12.0. The van der Waals surface area contributed by atoms with E-state index in [2.05, 4.69) is 0 Å². The standard InChI is InChI=1S/C13H22N4O4/c14-12(20)10-2-1-4-17(10)13(21)16-8-6-15(7-9-16)5-3-11(18)19/h10H,1-9H2,(H2,14,20)(H,18,19). The van der Waals surface area contributed by atoms with Crippen LogP contribution in [0, 0.1) is 0 Å². The number of hydrogen-bond donors (Lipinski definition) is 2. The van der Waals surface area contributed by atoms with Gasteiger partial charge < -0.3 is 20.6 Å². The zero-order chi connectivity index (χ0) is 15.4. The van der Waals surface area contributed by atoms with Crippen LogP contribution in [0.5, 0.6) is 0 Å². The van der Waals surface area contributed by atoms with Crippen molar-refractivity contribution in [1.29, 1.82) is 0 Å². The maximum atomic E-state index is 12.4. The quantitative estimate of drug-likeness (QED) is 0.703. The number of primary amides is 1. The van der Waals surface area contributed by atoms with Gasteiger partial charge in [-0.25, -0.2) is 4.79 Å². The number of piperazine rings is 1. The molecule has 2 aliphatic heterocycles. The number of carbonyl (C=O) groups excluding carboxylic acids is 2. The lowest BCUT2D eigenvalue weighted by Gasteiger charge is -2.37. The van der Waals surface area contributed by atoms with Crippen LogP contribution in [0.3, 0.4) is 0 Å². The average Bonchev–Trinajstić information content (AvgIpc) is 2.94.